The summed E-state index contributed by atoms with van der Waals surface area (Å²) in [6, 6.07) is 3.85. The van der Waals surface area contributed by atoms with Crippen LogP contribution in [0, 0.1) is 5.92 Å². The van der Waals surface area contributed by atoms with E-state index in [1.807, 2.05) is 12.1 Å². The number of aliphatic hydroxyl groups is 1. The summed E-state index contributed by atoms with van der Waals surface area (Å²) in [4.78, 5) is 6.69. The Bertz CT molecular complexity index is 374. The van der Waals surface area contributed by atoms with Gasteiger partial charge in [0.2, 0.25) is 0 Å². The highest BCUT2D eigenvalue weighted by Gasteiger charge is 2.20. The Morgan fingerprint density at radius 2 is 2.22 bits per heavy atom. The van der Waals surface area contributed by atoms with E-state index in [-0.39, 0.29) is 0 Å². The highest BCUT2D eigenvalue weighted by molar-refractivity contribution is 5.41. The highest BCUT2D eigenvalue weighted by Crippen LogP contribution is 2.24. The molecule has 100 valence electrons. The van der Waals surface area contributed by atoms with Crippen LogP contribution in [0.5, 0.6) is 0 Å². The van der Waals surface area contributed by atoms with Gasteiger partial charge in [-0.3, -0.25) is 0 Å². The lowest BCUT2D eigenvalue weighted by atomic mass is 9.98. The van der Waals surface area contributed by atoms with Gasteiger partial charge in [-0.2, -0.15) is 0 Å². The lowest BCUT2D eigenvalue weighted by Crippen LogP contribution is -2.35. The molecule has 1 fully saturated rings. The molecule has 0 bridgehead atoms. The predicted molar refractivity (Wildman–Crippen MR) is 71.7 cm³/mol. The van der Waals surface area contributed by atoms with Crippen molar-refractivity contribution in [1.82, 2.24) is 4.98 Å². The summed E-state index contributed by atoms with van der Waals surface area (Å²) in [7, 11) is 1.76. The van der Waals surface area contributed by atoms with Crippen molar-refractivity contribution in [2.45, 2.75) is 25.9 Å². The van der Waals surface area contributed by atoms with E-state index in [2.05, 4.69) is 9.88 Å². The van der Waals surface area contributed by atoms with Crippen LogP contribution in [0.2, 0.25) is 0 Å². The fourth-order valence-electron chi connectivity index (χ4n) is 2.43. The van der Waals surface area contributed by atoms with Gasteiger partial charge in [0.1, 0.15) is 5.82 Å². The second-order valence-corrected chi connectivity index (χ2v) is 5.01. The van der Waals surface area contributed by atoms with E-state index in [0.29, 0.717) is 5.92 Å². The maximum absolute atomic E-state index is 9.60. The molecule has 1 aromatic heterocycles. The van der Waals surface area contributed by atoms with Gasteiger partial charge >= 0.3 is 0 Å². The molecule has 18 heavy (non-hydrogen) atoms. The molecule has 0 aromatic carbocycles. The summed E-state index contributed by atoms with van der Waals surface area (Å²) in [5.41, 5.74) is 0.930. The van der Waals surface area contributed by atoms with Crippen LogP contribution in [0.25, 0.3) is 0 Å². The molecule has 1 aliphatic rings. The monoisotopic (exact) mass is 250 g/mol. The molecule has 0 spiro atoms. The molecule has 1 aromatic rings. The van der Waals surface area contributed by atoms with Crippen LogP contribution in [0.3, 0.4) is 0 Å². The van der Waals surface area contributed by atoms with Gasteiger partial charge in [-0.1, -0.05) is 0 Å². The van der Waals surface area contributed by atoms with Gasteiger partial charge in [0.25, 0.3) is 0 Å². The first-order chi connectivity index (χ1) is 8.70. The Morgan fingerprint density at radius 1 is 1.50 bits per heavy atom. The predicted octanol–water partition coefficient (Wildman–Crippen LogP) is 2.00. The quantitative estimate of drug-likeness (QED) is 0.887. The number of anilines is 1. The topological polar surface area (TPSA) is 45.6 Å². The molecule has 0 aliphatic carbocycles. The second kappa shape index (κ2) is 6.16. The van der Waals surface area contributed by atoms with Crippen LogP contribution in [-0.4, -0.2) is 36.9 Å². The number of hydrogen-bond donors (Lipinski definition) is 1. The van der Waals surface area contributed by atoms with Gasteiger partial charge < -0.3 is 14.7 Å². The molecule has 4 nitrogen and oxygen atoms in total. The minimum absolute atomic E-state index is 0.433. The third-order valence-corrected chi connectivity index (χ3v) is 3.59. The smallest absolute Gasteiger partial charge is 0.128 e. The first-order valence-electron chi connectivity index (χ1n) is 6.58. The third-order valence-electron chi connectivity index (χ3n) is 3.59. The molecule has 0 radical (unpaired) electrons. The number of rotatable bonds is 4. The Balaban J connectivity index is 1.98. The molecule has 1 unspecified atom stereocenters. The van der Waals surface area contributed by atoms with Crippen LogP contribution in [-0.2, 0) is 4.74 Å². The number of pyridine rings is 1. The first-order valence-corrected chi connectivity index (χ1v) is 6.58. The van der Waals surface area contributed by atoms with Crippen LogP contribution < -0.4 is 4.90 Å². The molecular formula is C14H22N2O2. The highest BCUT2D eigenvalue weighted by atomic mass is 16.5. The average molecular weight is 250 g/mol. The molecule has 1 atom stereocenters. The summed E-state index contributed by atoms with van der Waals surface area (Å²) >= 11 is 0. The molecular weight excluding hydrogens is 228 g/mol. The van der Waals surface area contributed by atoms with Gasteiger partial charge in [-0.25, -0.2) is 4.98 Å². The molecule has 2 heterocycles. The number of methoxy groups -OCH3 is 1. The van der Waals surface area contributed by atoms with Crippen LogP contribution in [0.1, 0.15) is 31.4 Å². The number of ether oxygens (including phenoxy) is 1. The van der Waals surface area contributed by atoms with Crippen LogP contribution in [0.4, 0.5) is 5.82 Å². The van der Waals surface area contributed by atoms with Crippen molar-refractivity contribution >= 4 is 5.82 Å². The minimum atomic E-state index is -0.433. The minimum Gasteiger partial charge on any atom is -0.389 e. The van der Waals surface area contributed by atoms with Gasteiger partial charge in [0.15, 0.2) is 0 Å². The normalized spacial score (nSPS) is 18.9. The number of aliphatic hydroxyl groups excluding tert-OH is 1. The van der Waals surface area contributed by atoms with E-state index in [1.54, 1.807) is 20.2 Å². The number of aromatic nitrogens is 1. The molecule has 1 N–H and O–H groups in total. The van der Waals surface area contributed by atoms with E-state index < -0.39 is 6.10 Å². The zero-order chi connectivity index (χ0) is 13.0. The third kappa shape index (κ3) is 3.21. The molecule has 2 rings (SSSR count). The van der Waals surface area contributed by atoms with Crippen molar-refractivity contribution in [2.75, 3.05) is 31.7 Å². The Kier molecular flexibility index (Phi) is 4.55. The largest absolute Gasteiger partial charge is 0.389 e. The maximum Gasteiger partial charge on any atom is 0.128 e. The second-order valence-electron chi connectivity index (χ2n) is 5.01. The van der Waals surface area contributed by atoms with E-state index in [0.717, 1.165) is 43.9 Å². The van der Waals surface area contributed by atoms with Crippen molar-refractivity contribution < 1.29 is 9.84 Å². The van der Waals surface area contributed by atoms with Gasteiger partial charge in [0.05, 0.1) is 6.10 Å². The van der Waals surface area contributed by atoms with E-state index in [4.69, 9.17) is 4.74 Å². The summed E-state index contributed by atoms with van der Waals surface area (Å²) < 4.78 is 5.21. The lowest BCUT2D eigenvalue weighted by molar-refractivity contribution is 0.139. The first kappa shape index (κ1) is 13.3. The zero-order valence-electron chi connectivity index (χ0n) is 11.2. The zero-order valence-corrected chi connectivity index (χ0v) is 11.2. The lowest BCUT2D eigenvalue weighted by Gasteiger charge is -2.32. The van der Waals surface area contributed by atoms with Crippen molar-refractivity contribution in [2.24, 2.45) is 5.92 Å². The van der Waals surface area contributed by atoms with Crippen molar-refractivity contribution in [3.63, 3.8) is 0 Å². The van der Waals surface area contributed by atoms with Crippen molar-refractivity contribution in [3.8, 4) is 0 Å². The maximum atomic E-state index is 9.60. The Labute approximate surface area is 109 Å². The average Bonchev–Trinajstić information content (AvgIpc) is 2.40. The van der Waals surface area contributed by atoms with E-state index in [1.165, 1.54) is 0 Å². The van der Waals surface area contributed by atoms with Gasteiger partial charge in [-0.15, -0.1) is 0 Å². The van der Waals surface area contributed by atoms with Crippen LogP contribution >= 0.6 is 0 Å². The molecule has 0 saturated carbocycles. The molecule has 4 heteroatoms. The molecule has 0 amide bonds. The summed E-state index contributed by atoms with van der Waals surface area (Å²) in [5, 5.41) is 9.60. The fraction of sp³-hybridized carbons (Fsp3) is 0.643. The van der Waals surface area contributed by atoms with Gasteiger partial charge in [0, 0.05) is 33.0 Å². The van der Waals surface area contributed by atoms with Gasteiger partial charge in [-0.05, 0) is 43.4 Å². The van der Waals surface area contributed by atoms with Crippen LogP contribution in [0.15, 0.2) is 18.3 Å². The standard InChI is InChI=1S/C14H22N2O2/c1-11(17)13-3-6-15-14(9-13)16-7-4-12(5-8-16)10-18-2/h3,6,9,11-12,17H,4-5,7-8,10H2,1-2H3. The summed E-state index contributed by atoms with van der Waals surface area (Å²) in [6.45, 7) is 4.67. The summed E-state index contributed by atoms with van der Waals surface area (Å²) in [6.07, 6.45) is 3.64. The fourth-order valence-corrected chi connectivity index (χ4v) is 2.43. The summed E-state index contributed by atoms with van der Waals surface area (Å²) in [5.74, 6) is 1.65. The Morgan fingerprint density at radius 3 is 2.83 bits per heavy atom. The van der Waals surface area contributed by atoms with E-state index in [9.17, 15) is 5.11 Å². The number of hydrogen-bond acceptors (Lipinski definition) is 4. The van der Waals surface area contributed by atoms with Crippen molar-refractivity contribution in [1.29, 1.82) is 0 Å². The van der Waals surface area contributed by atoms with Crippen molar-refractivity contribution in [3.05, 3.63) is 23.9 Å². The SMILES string of the molecule is COCC1CCN(c2cc(C(C)O)ccn2)CC1. The Hall–Kier alpha value is -1.13. The molecule has 1 saturated heterocycles. The molecule has 1 aliphatic heterocycles. The number of piperidine rings is 1. The van der Waals surface area contributed by atoms with E-state index >= 15 is 0 Å². The number of nitrogens with zero attached hydrogens (tertiary/aromatic N) is 2.